The van der Waals surface area contributed by atoms with Crippen LogP contribution in [-0.4, -0.2) is 16.7 Å². The predicted molar refractivity (Wildman–Crippen MR) is 110 cm³/mol. The third-order valence-electron chi connectivity index (χ3n) is 4.59. The third-order valence-corrected chi connectivity index (χ3v) is 6.08. The quantitative estimate of drug-likeness (QED) is 0.429. The molecular weight excluding hydrogens is 402 g/mol. The van der Waals surface area contributed by atoms with Gasteiger partial charge in [-0.2, -0.15) is 0 Å². The molecule has 3 N–H and O–H groups in total. The lowest BCUT2D eigenvalue weighted by molar-refractivity contribution is -0.384. The molecule has 1 aliphatic rings. The normalized spacial score (nSPS) is 16.0. The summed E-state index contributed by atoms with van der Waals surface area (Å²) in [5, 5.41) is 14.1. The molecule has 1 aliphatic carbocycles. The van der Waals surface area contributed by atoms with Crippen molar-refractivity contribution in [2.75, 3.05) is 5.32 Å². The SMILES string of the molecule is CC1CCc2c(sc(NC(=O)/C=C/c3ccc(Cl)c([N+](=O)[O-])c3)c2C(N)=O)C1. The van der Waals surface area contributed by atoms with Crippen molar-refractivity contribution in [3.63, 3.8) is 0 Å². The minimum atomic E-state index is -0.587. The fraction of sp³-hybridized carbons (Fsp3) is 0.263. The molecule has 146 valence electrons. The van der Waals surface area contributed by atoms with E-state index in [9.17, 15) is 19.7 Å². The number of nitro groups is 1. The molecule has 0 radical (unpaired) electrons. The lowest BCUT2D eigenvalue weighted by Gasteiger charge is -2.18. The van der Waals surface area contributed by atoms with E-state index in [2.05, 4.69) is 12.2 Å². The molecule has 1 aromatic carbocycles. The van der Waals surface area contributed by atoms with Crippen LogP contribution in [0.4, 0.5) is 10.7 Å². The van der Waals surface area contributed by atoms with Crippen LogP contribution in [0.5, 0.6) is 0 Å². The molecule has 1 aromatic heterocycles. The van der Waals surface area contributed by atoms with Gasteiger partial charge in [-0.15, -0.1) is 11.3 Å². The van der Waals surface area contributed by atoms with E-state index < -0.39 is 16.7 Å². The molecule has 7 nitrogen and oxygen atoms in total. The number of halogens is 1. The second kappa shape index (κ2) is 8.12. The molecule has 0 saturated heterocycles. The van der Waals surface area contributed by atoms with Gasteiger partial charge in [0.1, 0.15) is 10.0 Å². The van der Waals surface area contributed by atoms with Gasteiger partial charge in [0, 0.05) is 17.0 Å². The molecule has 0 saturated carbocycles. The smallest absolute Gasteiger partial charge is 0.288 e. The van der Waals surface area contributed by atoms with Crippen molar-refractivity contribution >= 4 is 51.5 Å². The largest absolute Gasteiger partial charge is 0.365 e. The van der Waals surface area contributed by atoms with Crippen LogP contribution in [0.3, 0.4) is 0 Å². The van der Waals surface area contributed by atoms with Gasteiger partial charge in [0.05, 0.1) is 10.5 Å². The van der Waals surface area contributed by atoms with Crippen LogP contribution in [0.15, 0.2) is 24.3 Å². The summed E-state index contributed by atoms with van der Waals surface area (Å²) in [5.41, 5.74) is 7.08. The number of carbonyl (C=O) groups is 2. The number of benzene rings is 1. The summed E-state index contributed by atoms with van der Waals surface area (Å²) in [7, 11) is 0. The predicted octanol–water partition coefficient (Wildman–Crippen LogP) is 4.19. The maximum atomic E-state index is 12.3. The number of hydrogen-bond acceptors (Lipinski definition) is 5. The second-order valence-corrected chi connectivity index (χ2v) is 8.22. The van der Waals surface area contributed by atoms with Gasteiger partial charge >= 0.3 is 0 Å². The Kier molecular flexibility index (Phi) is 5.81. The van der Waals surface area contributed by atoms with Crippen molar-refractivity contribution < 1.29 is 14.5 Å². The Balaban J connectivity index is 1.80. The summed E-state index contributed by atoms with van der Waals surface area (Å²) in [6, 6.07) is 4.25. The summed E-state index contributed by atoms with van der Waals surface area (Å²) < 4.78 is 0. The van der Waals surface area contributed by atoms with Crippen LogP contribution < -0.4 is 11.1 Å². The second-order valence-electron chi connectivity index (χ2n) is 6.71. The van der Waals surface area contributed by atoms with Crippen molar-refractivity contribution in [3.05, 3.63) is 61.0 Å². The fourth-order valence-electron chi connectivity index (χ4n) is 3.20. The van der Waals surface area contributed by atoms with Crippen LogP contribution in [0.25, 0.3) is 6.08 Å². The van der Waals surface area contributed by atoms with Crippen LogP contribution in [0, 0.1) is 16.0 Å². The summed E-state index contributed by atoms with van der Waals surface area (Å²) in [4.78, 5) is 35.7. The van der Waals surface area contributed by atoms with Crippen molar-refractivity contribution in [1.82, 2.24) is 0 Å². The molecular formula is C19H18ClN3O4S. The number of thiophene rings is 1. The number of nitro benzene ring substituents is 1. The van der Waals surface area contributed by atoms with Crippen molar-refractivity contribution in [3.8, 4) is 0 Å². The van der Waals surface area contributed by atoms with Gasteiger partial charge < -0.3 is 11.1 Å². The van der Waals surface area contributed by atoms with Crippen molar-refractivity contribution in [2.24, 2.45) is 11.7 Å². The van der Waals surface area contributed by atoms with Crippen LogP contribution in [0.1, 0.15) is 39.7 Å². The van der Waals surface area contributed by atoms with Crippen molar-refractivity contribution in [2.45, 2.75) is 26.2 Å². The first-order valence-corrected chi connectivity index (χ1v) is 9.83. The lowest BCUT2D eigenvalue weighted by Crippen LogP contribution is -2.18. The first-order chi connectivity index (χ1) is 13.3. The molecule has 0 bridgehead atoms. The molecule has 2 amide bonds. The number of anilines is 1. The number of nitrogens with zero attached hydrogens (tertiary/aromatic N) is 1. The Morgan fingerprint density at radius 3 is 2.86 bits per heavy atom. The Labute approximate surface area is 170 Å². The molecule has 1 unspecified atom stereocenters. The minimum absolute atomic E-state index is 0.0242. The number of nitrogens with two attached hydrogens (primary N) is 1. The van der Waals surface area contributed by atoms with Gasteiger partial charge in [-0.25, -0.2) is 0 Å². The van der Waals surface area contributed by atoms with E-state index in [1.165, 1.54) is 35.6 Å². The Bertz CT molecular complexity index is 999. The number of amides is 2. The highest BCUT2D eigenvalue weighted by atomic mass is 35.5. The Morgan fingerprint density at radius 2 is 2.18 bits per heavy atom. The summed E-state index contributed by atoms with van der Waals surface area (Å²) >= 11 is 7.16. The van der Waals surface area contributed by atoms with Crippen LogP contribution in [-0.2, 0) is 17.6 Å². The number of fused-ring (bicyclic) bond motifs is 1. The highest BCUT2D eigenvalue weighted by molar-refractivity contribution is 7.17. The van der Waals surface area contributed by atoms with E-state index in [0.29, 0.717) is 22.0 Å². The van der Waals surface area contributed by atoms with Crippen LogP contribution >= 0.6 is 22.9 Å². The van der Waals surface area contributed by atoms with Gasteiger partial charge in [0.2, 0.25) is 5.91 Å². The molecule has 0 spiro atoms. The molecule has 0 aliphatic heterocycles. The molecule has 28 heavy (non-hydrogen) atoms. The van der Waals surface area contributed by atoms with Crippen LogP contribution in [0.2, 0.25) is 5.02 Å². The summed E-state index contributed by atoms with van der Waals surface area (Å²) in [5.74, 6) is -0.484. The van der Waals surface area contributed by atoms with Gasteiger partial charge in [-0.1, -0.05) is 24.6 Å². The highest BCUT2D eigenvalue weighted by Gasteiger charge is 2.26. The van der Waals surface area contributed by atoms with Gasteiger partial charge in [-0.05, 0) is 48.4 Å². The first-order valence-electron chi connectivity index (χ1n) is 8.63. The average molecular weight is 420 g/mol. The van der Waals surface area contributed by atoms with E-state index in [1.54, 1.807) is 6.07 Å². The van der Waals surface area contributed by atoms with E-state index in [-0.39, 0.29) is 10.7 Å². The molecule has 9 heteroatoms. The lowest BCUT2D eigenvalue weighted by atomic mass is 9.88. The number of rotatable bonds is 5. The fourth-order valence-corrected chi connectivity index (χ4v) is 4.80. The third kappa shape index (κ3) is 4.23. The zero-order valence-corrected chi connectivity index (χ0v) is 16.6. The van der Waals surface area contributed by atoms with E-state index in [1.807, 2.05) is 0 Å². The molecule has 3 rings (SSSR count). The number of carbonyl (C=O) groups excluding carboxylic acids is 2. The monoisotopic (exact) mass is 419 g/mol. The van der Waals surface area contributed by atoms with Gasteiger partial charge in [0.25, 0.3) is 11.6 Å². The van der Waals surface area contributed by atoms with E-state index in [4.69, 9.17) is 17.3 Å². The topological polar surface area (TPSA) is 115 Å². The van der Waals surface area contributed by atoms with E-state index >= 15 is 0 Å². The standard InChI is InChI=1S/C19H18ClN3O4S/c1-10-2-5-12-15(8-10)28-19(17(12)18(21)25)22-16(24)7-4-11-3-6-13(20)14(9-11)23(26)27/h3-4,6-7,9-10H,2,5,8H2,1H3,(H2,21,25)(H,22,24)/b7-4+. The maximum Gasteiger partial charge on any atom is 0.288 e. The molecule has 2 aromatic rings. The average Bonchev–Trinajstić information content (AvgIpc) is 2.97. The Hall–Kier alpha value is -2.71. The number of nitrogens with one attached hydrogen (secondary N) is 1. The number of primary amides is 1. The molecule has 1 heterocycles. The zero-order valence-electron chi connectivity index (χ0n) is 15.0. The van der Waals surface area contributed by atoms with Crippen molar-refractivity contribution in [1.29, 1.82) is 0 Å². The first kappa shape index (κ1) is 20.0. The minimum Gasteiger partial charge on any atom is -0.365 e. The van der Waals surface area contributed by atoms with Gasteiger partial charge in [-0.3, -0.25) is 19.7 Å². The molecule has 0 fully saturated rings. The molecule has 1 atom stereocenters. The highest BCUT2D eigenvalue weighted by Crippen LogP contribution is 2.39. The Morgan fingerprint density at radius 1 is 1.43 bits per heavy atom. The zero-order chi connectivity index (χ0) is 20.4. The summed E-state index contributed by atoms with van der Waals surface area (Å²) in [6.45, 7) is 2.15. The maximum absolute atomic E-state index is 12.3. The summed E-state index contributed by atoms with van der Waals surface area (Å²) in [6.07, 6.45) is 5.30. The van der Waals surface area contributed by atoms with Gasteiger partial charge in [0.15, 0.2) is 0 Å². The number of hydrogen-bond donors (Lipinski definition) is 2. The van der Waals surface area contributed by atoms with E-state index in [0.717, 1.165) is 29.7 Å².